The van der Waals surface area contributed by atoms with Crippen LogP contribution in [-0.4, -0.2) is 13.6 Å². The molecule has 0 aliphatic rings. The predicted octanol–water partition coefficient (Wildman–Crippen LogP) is 1.86. The van der Waals surface area contributed by atoms with Gasteiger partial charge in [-0.3, -0.25) is 0 Å². The van der Waals surface area contributed by atoms with Gasteiger partial charge in [0.1, 0.15) is 5.82 Å². The van der Waals surface area contributed by atoms with Crippen molar-refractivity contribution in [2.24, 2.45) is 0 Å². The zero-order valence-electron chi connectivity index (χ0n) is 7.34. The quantitative estimate of drug-likeness (QED) is 0.683. The van der Waals surface area contributed by atoms with Crippen molar-refractivity contribution in [1.82, 2.24) is 0 Å². The third kappa shape index (κ3) is 1.49. The number of nitrogen functional groups attached to an aromatic ring is 1. The molecule has 0 bridgehead atoms. The van der Waals surface area contributed by atoms with Crippen LogP contribution in [0.2, 0.25) is 0 Å². The molecule has 1 aromatic rings. The van der Waals surface area contributed by atoms with Gasteiger partial charge in [-0.05, 0) is 19.1 Å². The molecule has 0 saturated carbocycles. The van der Waals surface area contributed by atoms with Crippen LogP contribution < -0.4 is 10.6 Å². The smallest absolute Gasteiger partial charge is 0.148 e. The summed E-state index contributed by atoms with van der Waals surface area (Å²) in [6, 6.07) is 4.72. The molecule has 0 spiro atoms. The summed E-state index contributed by atoms with van der Waals surface area (Å²) in [4.78, 5) is 1.78. The first kappa shape index (κ1) is 8.84. The number of nitrogens with zero attached hydrogens (tertiary/aromatic N) is 1. The minimum absolute atomic E-state index is 0.264. The van der Waals surface area contributed by atoms with Crippen molar-refractivity contribution >= 4 is 11.4 Å². The number of para-hydroxylation sites is 1. The van der Waals surface area contributed by atoms with E-state index in [1.807, 2.05) is 14.0 Å². The van der Waals surface area contributed by atoms with Gasteiger partial charge in [0, 0.05) is 13.6 Å². The highest BCUT2D eigenvalue weighted by Crippen LogP contribution is 2.24. The topological polar surface area (TPSA) is 29.3 Å². The average Bonchev–Trinajstić information content (AvgIpc) is 2.03. The van der Waals surface area contributed by atoms with Crippen LogP contribution in [-0.2, 0) is 0 Å². The van der Waals surface area contributed by atoms with Crippen LogP contribution in [0.3, 0.4) is 0 Å². The second-order valence-corrected chi connectivity index (χ2v) is 2.69. The molecule has 1 rings (SSSR count). The third-order valence-corrected chi connectivity index (χ3v) is 1.87. The predicted molar refractivity (Wildman–Crippen MR) is 49.8 cm³/mol. The number of rotatable bonds is 2. The number of nitrogens with two attached hydrogens (primary N) is 1. The van der Waals surface area contributed by atoms with Crippen molar-refractivity contribution in [2.45, 2.75) is 6.92 Å². The van der Waals surface area contributed by atoms with Gasteiger partial charge in [-0.15, -0.1) is 0 Å². The Morgan fingerprint density at radius 3 is 2.67 bits per heavy atom. The summed E-state index contributed by atoms with van der Waals surface area (Å²) in [6.07, 6.45) is 0. The molecule has 0 saturated heterocycles. The van der Waals surface area contributed by atoms with Gasteiger partial charge in [-0.1, -0.05) is 6.07 Å². The summed E-state index contributed by atoms with van der Waals surface area (Å²) in [7, 11) is 1.81. The lowest BCUT2D eigenvalue weighted by Crippen LogP contribution is -2.18. The van der Waals surface area contributed by atoms with E-state index in [0.717, 1.165) is 6.54 Å². The van der Waals surface area contributed by atoms with Crippen LogP contribution in [0.1, 0.15) is 6.92 Å². The monoisotopic (exact) mass is 168 g/mol. The van der Waals surface area contributed by atoms with Crippen molar-refractivity contribution < 1.29 is 4.39 Å². The highest BCUT2D eigenvalue weighted by atomic mass is 19.1. The molecular formula is C9H13FN2. The fraction of sp³-hybridized carbons (Fsp3) is 0.333. The number of hydrogen-bond donors (Lipinski definition) is 1. The Morgan fingerprint density at radius 1 is 1.50 bits per heavy atom. The molecule has 0 amide bonds. The number of halogens is 1. The number of benzene rings is 1. The first-order chi connectivity index (χ1) is 5.66. The van der Waals surface area contributed by atoms with E-state index < -0.39 is 0 Å². The maximum Gasteiger partial charge on any atom is 0.148 e. The summed E-state index contributed by atoms with van der Waals surface area (Å²) >= 11 is 0. The number of hydrogen-bond acceptors (Lipinski definition) is 2. The first-order valence-corrected chi connectivity index (χ1v) is 3.92. The second kappa shape index (κ2) is 3.43. The Balaban J connectivity index is 3.12. The molecule has 0 atom stereocenters. The Hall–Kier alpha value is -1.25. The zero-order valence-corrected chi connectivity index (χ0v) is 7.34. The fourth-order valence-corrected chi connectivity index (χ4v) is 1.09. The second-order valence-electron chi connectivity index (χ2n) is 2.69. The van der Waals surface area contributed by atoms with Gasteiger partial charge in [-0.25, -0.2) is 4.39 Å². The summed E-state index contributed by atoms with van der Waals surface area (Å²) in [5, 5.41) is 0. The van der Waals surface area contributed by atoms with Crippen LogP contribution in [0.15, 0.2) is 18.2 Å². The van der Waals surface area contributed by atoms with Gasteiger partial charge in [0.15, 0.2) is 0 Å². The molecule has 0 aromatic heterocycles. The summed E-state index contributed by atoms with van der Waals surface area (Å²) in [5.41, 5.74) is 6.59. The SMILES string of the molecule is CCN(C)c1c(N)cccc1F. The van der Waals surface area contributed by atoms with Crippen LogP contribution in [0.5, 0.6) is 0 Å². The van der Waals surface area contributed by atoms with Crippen LogP contribution in [0, 0.1) is 5.82 Å². The lowest BCUT2D eigenvalue weighted by Gasteiger charge is -2.19. The Kier molecular flexibility index (Phi) is 2.53. The molecule has 0 aliphatic carbocycles. The molecule has 0 heterocycles. The van der Waals surface area contributed by atoms with Crippen molar-refractivity contribution in [2.75, 3.05) is 24.2 Å². The highest BCUT2D eigenvalue weighted by Gasteiger charge is 2.08. The summed E-state index contributed by atoms with van der Waals surface area (Å²) < 4.78 is 13.2. The van der Waals surface area contributed by atoms with Gasteiger partial charge >= 0.3 is 0 Å². The molecule has 3 heteroatoms. The Morgan fingerprint density at radius 2 is 2.17 bits per heavy atom. The first-order valence-electron chi connectivity index (χ1n) is 3.92. The van der Waals surface area contributed by atoms with E-state index in [0.29, 0.717) is 11.4 Å². The highest BCUT2D eigenvalue weighted by molar-refractivity contribution is 5.67. The van der Waals surface area contributed by atoms with Gasteiger partial charge in [0.25, 0.3) is 0 Å². The molecule has 66 valence electrons. The third-order valence-electron chi connectivity index (χ3n) is 1.87. The Bertz CT molecular complexity index is 253. The molecule has 0 unspecified atom stereocenters. The average molecular weight is 168 g/mol. The van der Waals surface area contributed by atoms with E-state index >= 15 is 0 Å². The lowest BCUT2D eigenvalue weighted by molar-refractivity contribution is 0.624. The van der Waals surface area contributed by atoms with E-state index in [1.54, 1.807) is 17.0 Å². The molecule has 0 fully saturated rings. The molecule has 0 radical (unpaired) electrons. The van der Waals surface area contributed by atoms with E-state index in [-0.39, 0.29) is 5.82 Å². The van der Waals surface area contributed by atoms with Crippen molar-refractivity contribution in [3.63, 3.8) is 0 Å². The van der Waals surface area contributed by atoms with Crippen LogP contribution in [0.4, 0.5) is 15.8 Å². The zero-order chi connectivity index (χ0) is 9.14. The normalized spacial score (nSPS) is 9.92. The van der Waals surface area contributed by atoms with E-state index in [4.69, 9.17) is 5.73 Å². The van der Waals surface area contributed by atoms with Gasteiger partial charge < -0.3 is 10.6 Å². The van der Waals surface area contributed by atoms with E-state index in [2.05, 4.69) is 0 Å². The van der Waals surface area contributed by atoms with Crippen LogP contribution in [0.25, 0.3) is 0 Å². The van der Waals surface area contributed by atoms with Crippen LogP contribution >= 0.6 is 0 Å². The maximum absolute atomic E-state index is 13.2. The number of anilines is 2. The van der Waals surface area contributed by atoms with Gasteiger partial charge in [-0.2, -0.15) is 0 Å². The maximum atomic E-state index is 13.2. The van der Waals surface area contributed by atoms with E-state index in [9.17, 15) is 4.39 Å². The van der Waals surface area contributed by atoms with Crippen molar-refractivity contribution in [1.29, 1.82) is 0 Å². The minimum Gasteiger partial charge on any atom is -0.397 e. The summed E-state index contributed by atoms with van der Waals surface area (Å²) in [6.45, 7) is 2.69. The van der Waals surface area contributed by atoms with E-state index in [1.165, 1.54) is 6.07 Å². The molecule has 2 nitrogen and oxygen atoms in total. The largest absolute Gasteiger partial charge is 0.397 e. The molecule has 12 heavy (non-hydrogen) atoms. The van der Waals surface area contributed by atoms with Gasteiger partial charge in [0.05, 0.1) is 11.4 Å². The molecule has 0 aliphatic heterocycles. The standard InChI is InChI=1S/C9H13FN2/c1-3-12(2)9-7(10)5-4-6-8(9)11/h4-6H,3,11H2,1-2H3. The van der Waals surface area contributed by atoms with Gasteiger partial charge in [0.2, 0.25) is 0 Å². The molecule has 2 N–H and O–H groups in total. The fourth-order valence-electron chi connectivity index (χ4n) is 1.09. The lowest BCUT2D eigenvalue weighted by atomic mass is 10.2. The summed E-state index contributed by atoms with van der Waals surface area (Å²) in [5.74, 6) is -0.264. The Labute approximate surface area is 71.8 Å². The molecular weight excluding hydrogens is 155 g/mol. The molecule has 1 aromatic carbocycles. The minimum atomic E-state index is -0.264. The van der Waals surface area contributed by atoms with Crippen molar-refractivity contribution in [3.05, 3.63) is 24.0 Å². The van der Waals surface area contributed by atoms with Crippen molar-refractivity contribution in [3.8, 4) is 0 Å².